The molecule has 0 aromatic heterocycles. The summed E-state index contributed by atoms with van der Waals surface area (Å²) in [4.78, 5) is 0. The number of ether oxygens (including phenoxy) is 1. The van der Waals surface area contributed by atoms with Crippen molar-refractivity contribution in [1.82, 2.24) is 0 Å². The lowest BCUT2D eigenvalue weighted by Gasteiger charge is -2.09. The molecule has 0 fully saturated rings. The van der Waals surface area contributed by atoms with Gasteiger partial charge in [0, 0.05) is 23.2 Å². The quantitative estimate of drug-likeness (QED) is 0.888. The second-order valence-electron chi connectivity index (χ2n) is 3.99. The van der Waals surface area contributed by atoms with Crippen molar-refractivity contribution in [3.05, 3.63) is 62.6 Å². The van der Waals surface area contributed by atoms with E-state index in [1.54, 1.807) is 18.2 Å². The third-order valence-corrected chi connectivity index (χ3v) is 3.73. The molecule has 0 heterocycles. The smallest absolute Gasteiger partial charge is 0.121 e. The Kier molecular flexibility index (Phi) is 4.94. The molecule has 100 valence electrons. The van der Waals surface area contributed by atoms with Gasteiger partial charge in [0.05, 0.1) is 10.0 Å². The van der Waals surface area contributed by atoms with E-state index in [0.717, 1.165) is 11.1 Å². The summed E-state index contributed by atoms with van der Waals surface area (Å²) in [6.07, 6.45) is 0. The number of nitrogens with two attached hydrogens (primary N) is 1. The number of halogens is 3. The Labute approximate surface area is 127 Å². The van der Waals surface area contributed by atoms with Crippen LogP contribution in [0.1, 0.15) is 11.1 Å². The van der Waals surface area contributed by atoms with Gasteiger partial charge in [-0.3, -0.25) is 0 Å². The highest BCUT2D eigenvalue weighted by molar-refractivity contribution is 6.42. The van der Waals surface area contributed by atoms with Gasteiger partial charge in [-0.05, 0) is 23.8 Å². The van der Waals surface area contributed by atoms with Gasteiger partial charge in [0.25, 0.3) is 0 Å². The fraction of sp³-hybridized carbons (Fsp3) is 0.143. The zero-order valence-corrected chi connectivity index (χ0v) is 12.3. The van der Waals surface area contributed by atoms with E-state index >= 15 is 0 Å². The van der Waals surface area contributed by atoms with E-state index in [9.17, 15) is 0 Å². The van der Waals surface area contributed by atoms with Crippen molar-refractivity contribution >= 4 is 34.8 Å². The van der Waals surface area contributed by atoms with Gasteiger partial charge in [-0.1, -0.05) is 46.9 Å². The van der Waals surface area contributed by atoms with Gasteiger partial charge >= 0.3 is 0 Å². The second kappa shape index (κ2) is 6.49. The molecule has 2 aromatic carbocycles. The Morgan fingerprint density at radius 2 is 1.68 bits per heavy atom. The fourth-order valence-electron chi connectivity index (χ4n) is 1.56. The molecule has 2 N–H and O–H groups in total. The zero-order valence-electron chi connectivity index (χ0n) is 10.00. The average Bonchev–Trinajstić information content (AvgIpc) is 2.41. The lowest BCUT2D eigenvalue weighted by Crippen LogP contribution is -2.00. The molecule has 2 rings (SSSR count). The summed E-state index contributed by atoms with van der Waals surface area (Å²) < 4.78 is 5.62. The molecule has 0 radical (unpaired) electrons. The van der Waals surface area contributed by atoms with Crippen LogP contribution in [0.4, 0.5) is 0 Å². The predicted octanol–water partition coefficient (Wildman–Crippen LogP) is 4.68. The summed E-state index contributed by atoms with van der Waals surface area (Å²) in [6.45, 7) is 0.829. The molecular weight excluding hydrogens is 305 g/mol. The average molecular weight is 317 g/mol. The Morgan fingerprint density at radius 3 is 2.32 bits per heavy atom. The maximum atomic E-state index is 6.15. The summed E-state index contributed by atoms with van der Waals surface area (Å²) >= 11 is 17.9. The molecule has 0 saturated heterocycles. The Bertz CT molecular complexity index is 587. The van der Waals surface area contributed by atoms with Crippen LogP contribution in [-0.4, -0.2) is 0 Å². The van der Waals surface area contributed by atoms with E-state index in [2.05, 4.69) is 0 Å². The van der Waals surface area contributed by atoms with E-state index in [0.29, 0.717) is 34.0 Å². The molecule has 19 heavy (non-hydrogen) atoms. The molecule has 0 bridgehead atoms. The van der Waals surface area contributed by atoms with Gasteiger partial charge < -0.3 is 10.5 Å². The third-order valence-electron chi connectivity index (χ3n) is 2.64. The molecule has 2 nitrogen and oxygen atoms in total. The van der Waals surface area contributed by atoms with Crippen molar-refractivity contribution < 1.29 is 4.74 Å². The Hall–Kier alpha value is -0.930. The first-order valence-corrected chi connectivity index (χ1v) is 6.79. The van der Waals surface area contributed by atoms with Crippen LogP contribution in [-0.2, 0) is 13.2 Å². The van der Waals surface area contributed by atoms with Crippen LogP contribution in [0.3, 0.4) is 0 Å². The van der Waals surface area contributed by atoms with Crippen molar-refractivity contribution in [3.63, 3.8) is 0 Å². The first kappa shape index (κ1) is 14.5. The first-order valence-electron chi connectivity index (χ1n) is 5.65. The molecule has 0 saturated carbocycles. The molecule has 0 atom stereocenters. The van der Waals surface area contributed by atoms with Gasteiger partial charge in [-0.2, -0.15) is 0 Å². The molecular formula is C14H12Cl3NO. The van der Waals surface area contributed by atoms with Crippen LogP contribution in [0.25, 0.3) is 0 Å². The molecule has 0 amide bonds. The third kappa shape index (κ3) is 3.77. The lowest BCUT2D eigenvalue weighted by molar-refractivity contribution is 0.306. The van der Waals surface area contributed by atoms with E-state index < -0.39 is 0 Å². The minimum atomic E-state index is 0.363. The number of hydrogen-bond acceptors (Lipinski definition) is 2. The predicted molar refractivity (Wildman–Crippen MR) is 80.1 cm³/mol. The minimum Gasteiger partial charge on any atom is -0.489 e. The van der Waals surface area contributed by atoms with E-state index in [1.165, 1.54) is 0 Å². The molecule has 0 aliphatic rings. The summed E-state index contributed by atoms with van der Waals surface area (Å²) in [6, 6.07) is 10.8. The zero-order chi connectivity index (χ0) is 13.8. The highest BCUT2D eigenvalue weighted by Crippen LogP contribution is 2.27. The number of hydrogen-bond donors (Lipinski definition) is 1. The molecule has 0 aliphatic carbocycles. The van der Waals surface area contributed by atoms with Crippen LogP contribution in [0.15, 0.2) is 36.4 Å². The van der Waals surface area contributed by atoms with Crippen LogP contribution in [0, 0.1) is 0 Å². The highest BCUT2D eigenvalue weighted by atomic mass is 35.5. The van der Waals surface area contributed by atoms with Crippen LogP contribution < -0.4 is 10.5 Å². The summed E-state index contributed by atoms with van der Waals surface area (Å²) in [5, 5.41) is 1.60. The highest BCUT2D eigenvalue weighted by Gasteiger charge is 2.04. The Balaban J connectivity index is 2.07. The Morgan fingerprint density at radius 1 is 0.895 bits per heavy atom. The molecule has 0 spiro atoms. The topological polar surface area (TPSA) is 35.2 Å². The summed E-state index contributed by atoms with van der Waals surface area (Å²) in [7, 11) is 0. The summed E-state index contributed by atoms with van der Waals surface area (Å²) in [5.74, 6) is 0.647. The van der Waals surface area contributed by atoms with Crippen molar-refractivity contribution in [2.75, 3.05) is 0 Å². The molecule has 0 unspecified atom stereocenters. The molecule has 0 aliphatic heterocycles. The van der Waals surface area contributed by atoms with Gasteiger partial charge in [-0.25, -0.2) is 0 Å². The van der Waals surface area contributed by atoms with E-state index in [1.807, 2.05) is 18.2 Å². The maximum absolute atomic E-state index is 6.15. The minimum absolute atomic E-state index is 0.363. The van der Waals surface area contributed by atoms with Gasteiger partial charge in [0.15, 0.2) is 0 Å². The van der Waals surface area contributed by atoms with Crippen molar-refractivity contribution in [2.45, 2.75) is 13.2 Å². The van der Waals surface area contributed by atoms with Crippen molar-refractivity contribution in [1.29, 1.82) is 0 Å². The van der Waals surface area contributed by atoms with Crippen LogP contribution in [0.5, 0.6) is 5.75 Å². The monoisotopic (exact) mass is 315 g/mol. The van der Waals surface area contributed by atoms with E-state index in [-0.39, 0.29) is 0 Å². The molecule has 2 aromatic rings. The van der Waals surface area contributed by atoms with Gasteiger partial charge in [-0.15, -0.1) is 0 Å². The first-order chi connectivity index (χ1) is 9.10. The summed E-state index contributed by atoms with van der Waals surface area (Å²) in [5.41, 5.74) is 7.43. The standard InChI is InChI=1S/C14H12Cl3NO/c15-12-4-3-11(6-14(12)17)19-8-10-2-1-9(7-18)5-13(10)16/h1-6H,7-8,18H2. The van der Waals surface area contributed by atoms with Crippen LogP contribution in [0.2, 0.25) is 15.1 Å². The second-order valence-corrected chi connectivity index (χ2v) is 5.22. The van der Waals surface area contributed by atoms with E-state index in [4.69, 9.17) is 45.3 Å². The van der Waals surface area contributed by atoms with Crippen LogP contribution >= 0.6 is 34.8 Å². The lowest BCUT2D eigenvalue weighted by atomic mass is 10.1. The number of rotatable bonds is 4. The largest absolute Gasteiger partial charge is 0.489 e. The van der Waals surface area contributed by atoms with Gasteiger partial charge in [0.1, 0.15) is 12.4 Å². The van der Waals surface area contributed by atoms with Gasteiger partial charge in [0.2, 0.25) is 0 Å². The molecule has 5 heteroatoms. The normalized spacial score (nSPS) is 10.5. The SMILES string of the molecule is NCc1ccc(COc2ccc(Cl)c(Cl)c2)c(Cl)c1. The maximum Gasteiger partial charge on any atom is 0.121 e. The van der Waals surface area contributed by atoms with Crippen molar-refractivity contribution in [2.24, 2.45) is 5.73 Å². The fourth-order valence-corrected chi connectivity index (χ4v) is 2.11. The number of benzene rings is 2. The van der Waals surface area contributed by atoms with Crippen molar-refractivity contribution in [3.8, 4) is 5.75 Å².